The summed E-state index contributed by atoms with van der Waals surface area (Å²) in [7, 11) is 0. The van der Waals surface area contributed by atoms with E-state index in [2.05, 4.69) is 168 Å². The van der Waals surface area contributed by atoms with E-state index in [1.165, 1.54) is 92.2 Å². The minimum absolute atomic E-state index is 1.17. The van der Waals surface area contributed by atoms with Crippen LogP contribution in [-0.4, -0.2) is 4.57 Å². The molecule has 214 valence electrons. The fourth-order valence-corrected chi connectivity index (χ4v) is 8.65. The molecule has 1 aliphatic heterocycles. The van der Waals surface area contributed by atoms with Crippen LogP contribution in [0.15, 0.2) is 174 Å². The van der Waals surface area contributed by atoms with Crippen LogP contribution in [0.25, 0.3) is 82.4 Å². The third kappa shape index (κ3) is 3.77. The van der Waals surface area contributed by atoms with Crippen molar-refractivity contribution in [2.45, 2.75) is 9.79 Å². The lowest BCUT2D eigenvalue weighted by Gasteiger charge is -2.21. The predicted octanol–water partition coefficient (Wildman–Crippen LogP) is 12.6. The molecular formula is C44H27NS. The molecule has 8 aromatic carbocycles. The molecule has 0 saturated heterocycles. The van der Waals surface area contributed by atoms with Crippen molar-refractivity contribution in [3.63, 3.8) is 0 Å². The van der Waals surface area contributed by atoms with E-state index in [0.29, 0.717) is 0 Å². The van der Waals surface area contributed by atoms with E-state index in [9.17, 15) is 0 Å². The Morgan fingerprint density at radius 2 is 1.13 bits per heavy atom. The Labute approximate surface area is 271 Å². The van der Waals surface area contributed by atoms with E-state index in [1.54, 1.807) is 0 Å². The lowest BCUT2D eigenvalue weighted by atomic mass is 9.92. The largest absolute Gasteiger partial charge is 0.309 e. The molecule has 0 radical (unpaired) electrons. The van der Waals surface area contributed by atoms with Crippen molar-refractivity contribution in [3.8, 4) is 39.1 Å². The minimum Gasteiger partial charge on any atom is -0.309 e. The third-order valence-electron chi connectivity index (χ3n) is 9.55. The van der Waals surface area contributed by atoms with Crippen LogP contribution in [0, 0.1) is 0 Å². The molecule has 1 nitrogen and oxygen atoms in total. The minimum atomic E-state index is 1.17. The van der Waals surface area contributed by atoms with Gasteiger partial charge in [0.1, 0.15) is 0 Å². The molecular weight excluding hydrogens is 575 g/mol. The quantitative estimate of drug-likeness (QED) is 0.195. The molecule has 1 aliphatic rings. The molecule has 0 N–H and O–H groups in total. The summed E-state index contributed by atoms with van der Waals surface area (Å²) in [4.78, 5) is 2.66. The van der Waals surface area contributed by atoms with E-state index >= 15 is 0 Å². The highest BCUT2D eigenvalue weighted by Gasteiger charge is 2.21. The van der Waals surface area contributed by atoms with Gasteiger partial charge >= 0.3 is 0 Å². The maximum absolute atomic E-state index is 2.44. The van der Waals surface area contributed by atoms with Gasteiger partial charge in [-0.25, -0.2) is 0 Å². The standard InChI is InChI=1S/C44H27NS/c1-2-15-33(16-3-1)45-39-20-9-18-34(43(39)37-24-22-28-10-4-5-17-35(28)44(37)45)32-14-6-13-30(26-32)31-23-25-40-38(27-31)36-19-7-11-29-12-8-21-41(46-40)42(29)36/h1-27H. The maximum Gasteiger partial charge on any atom is 0.0619 e. The monoisotopic (exact) mass is 601 g/mol. The molecule has 0 unspecified atom stereocenters. The van der Waals surface area contributed by atoms with Crippen LogP contribution in [0.3, 0.4) is 0 Å². The Balaban J connectivity index is 1.18. The van der Waals surface area contributed by atoms with E-state index < -0.39 is 0 Å². The fourth-order valence-electron chi connectivity index (χ4n) is 7.52. The Kier molecular flexibility index (Phi) is 5.58. The number of benzene rings is 8. The first-order chi connectivity index (χ1) is 22.8. The molecule has 0 atom stereocenters. The summed E-state index contributed by atoms with van der Waals surface area (Å²) in [6.45, 7) is 0. The number of hydrogen-bond donors (Lipinski definition) is 0. The second-order valence-electron chi connectivity index (χ2n) is 12.1. The molecule has 46 heavy (non-hydrogen) atoms. The Bertz CT molecular complexity index is 2660. The SMILES string of the molecule is c1ccc(-n2c3cccc(-c4cccc(-c5ccc6c(c5)-c5cccc7cccc(c57)S6)c4)c3c3ccc4ccccc4c32)cc1. The molecule has 0 fully saturated rings. The van der Waals surface area contributed by atoms with Gasteiger partial charge in [-0.05, 0) is 86.6 Å². The van der Waals surface area contributed by atoms with Crippen LogP contribution in [0.1, 0.15) is 0 Å². The average Bonchev–Trinajstić information content (AvgIpc) is 3.47. The summed E-state index contributed by atoms with van der Waals surface area (Å²) in [5.74, 6) is 0. The number of para-hydroxylation sites is 1. The van der Waals surface area contributed by atoms with E-state index in [0.717, 1.165) is 0 Å². The first kappa shape index (κ1) is 25.7. The topological polar surface area (TPSA) is 4.93 Å². The summed E-state index contributed by atoms with van der Waals surface area (Å²) >= 11 is 1.88. The van der Waals surface area contributed by atoms with Crippen molar-refractivity contribution >= 4 is 55.1 Å². The smallest absolute Gasteiger partial charge is 0.0619 e. The van der Waals surface area contributed by atoms with E-state index in [-0.39, 0.29) is 0 Å². The van der Waals surface area contributed by atoms with Crippen LogP contribution in [-0.2, 0) is 0 Å². The number of fused-ring (bicyclic) bond motifs is 7. The zero-order valence-corrected chi connectivity index (χ0v) is 25.8. The summed E-state index contributed by atoms with van der Waals surface area (Å²) in [6.07, 6.45) is 0. The van der Waals surface area contributed by atoms with Crippen molar-refractivity contribution in [2.75, 3.05) is 0 Å². The molecule has 2 heterocycles. The molecule has 10 rings (SSSR count). The predicted molar refractivity (Wildman–Crippen MR) is 196 cm³/mol. The average molecular weight is 602 g/mol. The molecule has 1 aromatic heterocycles. The lowest BCUT2D eigenvalue weighted by Crippen LogP contribution is -1.94. The first-order valence-corrected chi connectivity index (χ1v) is 16.6. The highest BCUT2D eigenvalue weighted by molar-refractivity contribution is 7.99. The van der Waals surface area contributed by atoms with Crippen LogP contribution in [0.4, 0.5) is 0 Å². The molecule has 0 spiro atoms. The molecule has 0 bridgehead atoms. The van der Waals surface area contributed by atoms with Crippen molar-refractivity contribution in [1.29, 1.82) is 0 Å². The van der Waals surface area contributed by atoms with Crippen LogP contribution in [0.2, 0.25) is 0 Å². The summed E-state index contributed by atoms with van der Waals surface area (Å²) in [5.41, 5.74) is 11.2. The van der Waals surface area contributed by atoms with Crippen LogP contribution in [0.5, 0.6) is 0 Å². The summed E-state index contributed by atoms with van der Waals surface area (Å²) in [6, 6.07) is 60.2. The second-order valence-corrected chi connectivity index (χ2v) is 13.2. The maximum atomic E-state index is 2.44. The summed E-state index contributed by atoms with van der Waals surface area (Å²) in [5, 5.41) is 7.75. The van der Waals surface area contributed by atoms with Crippen molar-refractivity contribution in [3.05, 3.63) is 164 Å². The normalized spacial score (nSPS) is 12.3. The van der Waals surface area contributed by atoms with Gasteiger partial charge in [0, 0.05) is 37.0 Å². The van der Waals surface area contributed by atoms with E-state index in [1.807, 2.05) is 11.8 Å². The van der Waals surface area contributed by atoms with Crippen LogP contribution >= 0.6 is 11.8 Å². The van der Waals surface area contributed by atoms with Gasteiger partial charge in [0.05, 0.1) is 11.0 Å². The van der Waals surface area contributed by atoms with Crippen molar-refractivity contribution < 1.29 is 0 Å². The zero-order chi connectivity index (χ0) is 30.2. The van der Waals surface area contributed by atoms with Gasteiger partial charge in [-0.3, -0.25) is 0 Å². The van der Waals surface area contributed by atoms with Gasteiger partial charge in [0.2, 0.25) is 0 Å². The summed E-state index contributed by atoms with van der Waals surface area (Å²) < 4.78 is 2.44. The van der Waals surface area contributed by atoms with Crippen LogP contribution < -0.4 is 0 Å². The second kappa shape index (κ2) is 9.97. The van der Waals surface area contributed by atoms with Crippen molar-refractivity contribution in [2.24, 2.45) is 0 Å². The Morgan fingerprint density at radius 1 is 0.391 bits per heavy atom. The number of hydrogen-bond acceptors (Lipinski definition) is 1. The molecule has 9 aromatic rings. The number of aromatic nitrogens is 1. The van der Waals surface area contributed by atoms with Gasteiger partial charge < -0.3 is 4.57 Å². The number of nitrogens with zero attached hydrogens (tertiary/aromatic N) is 1. The van der Waals surface area contributed by atoms with Gasteiger partial charge in [-0.15, -0.1) is 0 Å². The molecule has 2 heteroatoms. The van der Waals surface area contributed by atoms with Gasteiger partial charge in [0.15, 0.2) is 0 Å². The highest BCUT2D eigenvalue weighted by Crippen LogP contribution is 2.49. The molecule has 0 saturated carbocycles. The Morgan fingerprint density at radius 3 is 2.07 bits per heavy atom. The van der Waals surface area contributed by atoms with Crippen molar-refractivity contribution in [1.82, 2.24) is 4.57 Å². The third-order valence-corrected chi connectivity index (χ3v) is 10.7. The van der Waals surface area contributed by atoms with Gasteiger partial charge in [0.25, 0.3) is 0 Å². The molecule has 0 aliphatic carbocycles. The zero-order valence-electron chi connectivity index (χ0n) is 24.9. The fraction of sp³-hybridized carbons (Fsp3) is 0. The number of rotatable bonds is 3. The van der Waals surface area contributed by atoms with Gasteiger partial charge in [-0.2, -0.15) is 0 Å². The Hall–Kier alpha value is -5.57. The van der Waals surface area contributed by atoms with E-state index in [4.69, 9.17) is 0 Å². The highest BCUT2D eigenvalue weighted by atomic mass is 32.2. The van der Waals surface area contributed by atoms with Gasteiger partial charge in [-0.1, -0.05) is 133 Å². The first-order valence-electron chi connectivity index (χ1n) is 15.8. The lowest BCUT2D eigenvalue weighted by molar-refractivity contribution is 1.19. The molecule has 0 amide bonds.